The molecule has 0 spiro atoms. The van der Waals surface area contributed by atoms with Crippen molar-refractivity contribution in [1.82, 2.24) is 4.90 Å². The van der Waals surface area contributed by atoms with Gasteiger partial charge in [0.15, 0.2) is 0 Å². The molecule has 0 aliphatic carbocycles. The van der Waals surface area contributed by atoms with Gasteiger partial charge in [-0.25, -0.2) is 0 Å². The maximum absolute atomic E-state index is 9.71. The van der Waals surface area contributed by atoms with E-state index in [9.17, 15) is 5.26 Å². The first-order valence-corrected chi connectivity index (χ1v) is 7.95. The predicted molar refractivity (Wildman–Crippen MR) is 85.3 cm³/mol. The molecule has 1 heterocycles. The third-order valence-corrected chi connectivity index (χ3v) is 4.38. The Morgan fingerprint density at radius 2 is 2.10 bits per heavy atom. The van der Waals surface area contributed by atoms with Crippen LogP contribution in [0.15, 0.2) is 24.3 Å². The number of hydrogen-bond donors (Lipinski definition) is 0. The van der Waals surface area contributed by atoms with E-state index >= 15 is 0 Å². The second-order valence-corrected chi connectivity index (χ2v) is 6.33. The molecule has 1 fully saturated rings. The smallest absolute Gasteiger partial charge is 0.119 e. The highest BCUT2D eigenvalue weighted by Gasteiger charge is 2.34. The average molecular weight is 286 g/mol. The molecule has 0 radical (unpaired) electrons. The maximum atomic E-state index is 9.71. The summed E-state index contributed by atoms with van der Waals surface area (Å²) in [4.78, 5) is 2.36. The first-order chi connectivity index (χ1) is 10.1. The summed E-state index contributed by atoms with van der Waals surface area (Å²) in [6.07, 6.45) is 3.24. The highest BCUT2D eigenvalue weighted by Crippen LogP contribution is 2.27. The Hall–Kier alpha value is -1.53. The summed E-state index contributed by atoms with van der Waals surface area (Å²) in [5.41, 5.74) is 0.780. The summed E-state index contributed by atoms with van der Waals surface area (Å²) in [6, 6.07) is 10.7. The number of piperidine rings is 1. The second kappa shape index (κ2) is 6.95. The quantitative estimate of drug-likeness (QED) is 0.829. The lowest BCUT2D eigenvalue weighted by Gasteiger charge is -2.41. The van der Waals surface area contributed by atoms with Crippen LogP contribution < -0.4 is 4.74 Å². The Morgan fingerprint density at radius 1 is 1.38 bits per heavy atom. The van der Waals surface area contributed by atoms with Gasteiger partial charge in [-0.15, -0.1) is 0 Å². The third kappa shape index (κ3) is 3.98. The molecule has 0 aromatic heterocycles. The van der Waals surface area contributed by atoms with Crippen LogP contribution in [0.5, 0.6) is 5.75 Å². The van der Waals surface area contributed by atoms with Gasteiger partial charge in [-0.3, -0.25) is 4.90 Å². The third-order valence-electron chi connectivity index (χ3n) is 4.38. The van der Waals surface area contributed by atoms with Gasteiger partial charge in [-0.1, -0.05) is 19.1 Å². The van der Waals surface area contributed by atoms with Gasteiger partial charge in [0.25, 0.3) is 0 Å². The topological polar surface area (TPSA) is 36.3 Å². The van der Waals surface area contributed by atoms with Crippen LogP contribution in [0.25, 0.3) is 0 Å². The number of nitrogens with zero attached hydrogens (tertiary/aromatic N) is 2. The van der Waals surface area contributed by atoms with Crippen LogP contribution in [0.4, 0.5) is 0 Å². The molecule has 2 unspecified atom stereocenters. The van der Waals surface area contributed by atoms with E-state index < -0.39 is 5.54 Å². The fraction of sp³-hybridized carbons (Fsp3) is 0.611. The van der Waals surface area contributed by atoms with Crippen LogP contribution in [-0.4, -0.2) is 30.1 Å². The van der Waals surface area contributed by atoms with Crippen molar-refractivity contribution in [2.45, 2.75) is 45.6 Å². The molecule has 0 amide bonds. The van der Waals surface area contributed by atoms with Crippen molar-refractivity contribution in [3.63, 3.8) is 0 Å². The fourth-order valence-electron chi connectivity index (χ4n) is 3.13. The molecule has 1 aliphatic rings. The van der Waals surface area contributed by atoms with Crippen molar-refractivity contribution in [1.29, 1.82) is 5.26 Å². The summed E-state index contributed by atoms with van der Waals surface area (Å²) in [5.74, 6) is 1.58. The van der Waals surface area contributed by atoms with Gasteiger partial charge in [-0.2, -0.15) is 5.26 Å². The summed E-state index contributed by atoms with van der Waals surface area (Å²) < 4.78 is 5.47. The lowest BCUT2D eigenvalue weighted by atomic mass is 9.88. The molecule has 21 heavy (non-hydrogen) atoms. The Morgan fingerprint density at radius 3 is 2.67 bits per heavy atom. The molecule has 0 N–H and O–H groups in total. The number of benzene rings is 1. The summed E-state index contributed by atoms with van der Waals surface area (Å²) in [6.45, 7) is 9.08. The Bertz CT molecular complexity index is 491. The van der Waals surface area contributed by atoms with Gasteiger partial charge < -0.3 is 4.74 Å². The minimum absolute atomic E-state index is 0.415. The second-order valence-electron chi connectivity index (χ2n) is 6.33. The molecule has 0 bridgehead atoms. The van der Waals surface area contributed by atoms with Crippen LogP contribution in [0.1, 0.15) is 39.2 Å². The van der Waals surface area contributed by atoms with E-state index in [4.69, 9.17) is 4.74 Å². The molecule has 1 aromatic carbocycles. The Labute approximate surface area is 128 Å². The zero-order valence-electron chi connectivity index (χ0n) is 13.4. The van der Waals surface area contributed by atoms with E-state index in [2.05, 4.69) is 36.9 Å². The Kier molecular flexibility index (Phi) is 5.25. The predicted octanol–water partition coefficient (Wildman–Crippen LogP) is 3.64. The first-order valence-electron chi connectivity index (χ1n) is 7.95. The zero-order chi connectivity index (χ0) is 15.3. The van der Waals surface area contributed by atoms with Crippen LogP contribution >= 0.6 is 0 Å². The first kappa shape index (κ1) is 15.9. The molecule has 2 rings (SSSR count). The van der Waals surface area contributed by atoms with E-state index in [0.29, 0.717) is 12.5 Å². The largest absolute Gasteiger partial charge is 0.494 e. The molecule has 3 nitrogen and oxygen atoms in total. The van der Waals surface area contributed by atoms with Crippen molar-refractivity contribution >= 4 is 0 Å². The van der Waals surface area contributed by atoms with Gasteiger partial charge in [0, 0.05) is 13.0 Å². The van der Waals surface area contributed by atoms with Crippen molar-refractivity contribution in [3.8, 4) is 11.8 Å². The monoisotopic (exact) mass is 286 g/mol. The molecule has 1 aromatic rings. The number of rotatable bonds is 5. The number of hydrogen-bond acceptors (Lipinski definition) is 3. The lowest BCUT2D eigenvalue weighted by molar-refractivity contribution is 0.0959. The number of ether oxygens (including phenoxy) is 1. The Balaban J connectivity index is 2.08. The highest BCUT2D eigenvalue weighted by atomic mass is 16.5. The van der Waals surface area contributed by atoms with E-state index in [-0.39, 0.29) is 0 Å². The van der Waals surface area contributed by atoms with Gasteiger partial charge in [-0.05, 0) is 56.8 Å². The maximum Gasteiger partial charge on any atom is 0.119 e. The molecule has 0 saturated carbocycles. The van der Waals surface area contributed by atoms with E-state index in [1.807, 2.05) is 19.1 Å². The van der Waals surface area contributed by atoms with Gasteiger partial charge in [0.1, 0.15) is 11.3 Å². The number of likely N-dealkylation sites (tertiary alicyclic amines) is 1. The minimum Gasteiger partial charge on any atom is -0.494 e. The van der Waals surface area contributed by atoms with Crippen LogP contribution in [-0.2, 0) is 6.42 Å². The van der Waals surface area contributed by atoms with Crippen molar-refractivity contribution in [3.05, 3.63) is 29.8 Å². The average Bonchev–Trinajstić information content (AvgIpc) is 2.49. The molecular weight excluding hydrogens is 260 g/mol. The molecule has 1 saturated heterocycles. The van der Waals surface area contributed by atoms with Crippen LogP contribution in [0.2, 0.25) is 0 Å². The summed E-state index contributed by atoms with van der Waals surface area (Å²) in [5, 5.41) is 9.71. The summed E-state index contributed by atoms with van der Waals surface area (Å²) in [7, 11) is 0. The van der Waals surface area contributed by atoms with Gasteiger partial charge in [0.05, 0.1) is 12.7 Å². The molecule has 114 valence electrons. The van der Waals surface area contributed by atoms with Gasteiger partial charge in [0.2, 0.25) is 0 Å². The van der Waals surface area contributed by atoms with Crippen LogP contribution in [0.3, 0.4) is 0 Å². The minimum atomic E-state index is -0.415. The standard InChI is InChI=1S/C18H26N2O/c1-4-21-17-9-7-16(8-10-17)12-18(3,14-19)20-11-5-6-15(2)13-20/h7-10,15H,4-6,11-13H2,1-3H3. The molecule has 3 heteroatoms. The van der Waals surface area contributed by atoms with Crippen molar-refractivity contribution < 1.29 is 4.74 Å². The van der Waals surface area contributed by atoms with Gasteiger partial charge >= 0.3 is 0 Å². The van der Waals surface area contributed by atoms with E-state index in [1.165, 1.54) is 18.4 Å². The zero-order valence-corrected chi connectivity index (χ0v) is 13.4. The van der Waals surface area contributed by atoms with E-state index in [0.717, 1.165) is 25.3 Å². The van der Waals surface area contributed by atoms with E-state index in [1.54, 1.807) is 0 Å². The van der Waals surface area contributed by atoms with Crippen LogP contribution in [0, 0.1) is 17.2 Å². The lowest BCUT2D eigenvalue weighted by Crippen LogP contribution is -2.51. The SMILES string of the molecule is CCOc1ccc(CC(C)(C#N)N2CCCC(C)C2)cc1. The molecular formula is C18H26N2O. The molecule has 2 atom stereocenters. The van der Waals surface area contributed by atoms with Crippen molar-refractivity contribution in [2.75, 3.05) is 19.7 Å². The molecule has 1 aliphatic heterocycles. The fourth-order valence-corrected chi connectivity index (χ4v) is 3.13. The highest BCUT2D eigenvalue weighted by molar-refractivity contribution is 5.29. The van der Waals surface area contributed by atoms with Crippen molar-refractivity contribution in [2.24, 2.45) is 5.92 Å². The summed E-state index contributed by atoms with van der Waals surface area (Å²) >= 11 is 0. The number of nitriles is 1. The normalized spacial score (nSPS) is 22.3.